The smallest absolute Gasteiger partial charge is 0.344 e. The molecule has 0 bridgehead atoms. The Morgan fingerprint density at radius 2 is 1.03 bits per heavy atom. The average molecular weight is 575 g/mol. The molecule has 3 amide bonds. The molecule has 0 saturated heterocycles. The van der Waals surface area contributed by atoms with E-state index in [0.717, 1.165) is 6.54 Å². The van der Waals surface area contributed by atoms with Gasteiger partial charge in [0.1, 0.15) is 12.6 Å². The molecule has 0 aliphatic heterocycles. The van der Waals surface area contributed by atoms with Crippen molar-refractivity contribution < 1.29 is 41.6 Å². The van der Waals surface area contributed by atoms with E-state index >= 15 is 0 Å². The molecule has 0 aliphatic carbocycles. The van der Waals surface area contributed by atoms with Crippen LogP contribution in [0.1, 0.15) is 19.8 Å². The lowest BCUT2D eigenvalue weighted by molar-refractivity contribution is -0.123. The first-order valence-electron chi connectivity index (χ1n) is 11.9. The summed E-state index contributed by atoms with van der Waals surface area (Å²) in [6.45, 7) is 4.99. The highest BCUT2D eigenvalue weighted by atomic mass is 31.2. The molecule has 0 aromatic heterocycles. The van der Waals surface area contributed by atoms with Gasteiger partial charge in [-0.1, -0.05) is 6.92 Å². The molecule has 0 atom stereocenters. The van der Waals surface area contributed by atoms with E-state index in [0.29, 0.717) is 32.6 Å². The number of nitrogens with one attached hydrogen (secondary N) is 5. The summed E-state index contributed by atoms with van der Waals surface area (Å²) in [5, 5.41) is 14.3. The number of amides is 3. The molecule has 37 heavy (non-hydrogen) atoms. The first kappa shape index (κ1) is 35.6. The molecule has 0 aromatic carbocycles. The molecule has 17 heteroatoms. The standard InChI is InChI=1S/C20H44N6O9P2/c1-6-21-9-7-18(27)23-12-11-22-10-8-19(28)24-13-14-25-20(29)15-26(16-36(30,32-2)33-3)17-37(31,34-4)35-5/h21-22H,6-17H2,1-5H3,(H,23,27)(H,24,28)(H,25,29). The van der Waals surface area contributed by atoms with E-state index in [1.54, 1.807) is 0 Å². The molecule has 0 aromatic rings. The number of hydrogen-bond donors (Lipinski definition) is 5. The maximum Gasteiger partial charge on any atom is 0.344 e. The molecule has 0 aliphatic rings. The molecule has 0 saturated carbocycles. The van der Waals surface area contributed by atoms with Crippen LogP contribution < -0.4 is 26.6 Å². The third-order valence-electron chi connectivity index (χ3n) is 4.93. The molecule has 218 valence electrons. The Kier molecular flexibility index (Phi) is 19.8. The zero-order valence-corrected chi connectivity index (χ0v) is 24.3. The van der Waals surface area contributed by atoms with Crippen LogP contribution in [0.2, 0.25) is 0 Å². The van der Waals surface area contributed by atoms with Crippen molar-refractivity contribution in [3.05, 3.63) is 0 Å². The normalized spacial score (nSPS) is 11.9. The van der Waals surface area contributed by atoms with Crippen molar-refractivity contribution in [3.8, 4) is 0 Å². The third kappa shape index (κ3) is 17.7. The minimum Gasteiger partial charge on any atom is -0.355 e. The number of hydrogen-bond acceptors (Lipinski definition) is 12. The maximum absolute atomic E-state index is 12.5. The minimum atomic E-state index is -3.55. The third-order valence-corrected chi connectivity index (χ3v) is 8.65. The van der Waals surface area contributed by atoms with E-state index < -0.39 is 21.1 Å². The predicted molar refractivity (Wildman–Crippen MR) is 139 cm³/mol. The summed E-state index contributed by atoms with van der Waals surface area (Å²) in [6, 6.07) is 0. The Morgan fingerprint density at radius 1 is 0.622 bits per heavy atom. The summed E-state index contributed by atoms with van der Waals surface area (Å²) < 4.78 is 44.6. The van der Waals surface area contributed by atoms with Gasteiger partial charge in [0.25, 0.3) is 0 Å². The van der Waals surface area contributed by atoms with Crippen molar-refractivity contribution >= 4 is 32.9 Å². The Morgan fingerprint density at radius 3 is 1.46 bits per heavy atom. The van der Waals surface area contributed by atoms with Crippen molar-refractivity contribution in [1.82, 2.24) is 31.5 Å². The van der Waals surface area contributed by atoms with Crippen molar-refractivity contribution in [1.29, 1.82) is 0 Å². The highest BCUT2D eigenvalue weighted by molar-refractivity contribution is 7.54. The maximum atomic E-state index is 12.5. The Bertz CT molecular complexity index is 731. The molecular weight excluding hydrogens is 530 g/mol. The van der Waals surface area contributed by atoms with Crippen LogP contribution in [-0.4, -0.2) is 116 Å². The van der Waals surface area contributed by atoms with Gasteiger partial charge in [0.05, 0.1) is 6.54 Å². The fraction of sp³-hybridized carbons (Fsp3) is 0.850. The largest absolute Gasteiger partial charge is 0.355 e. The number of rotatable bonds is 23. The quantitative estimate of drug-likeness (QED) is 0.0780. The zero-order chi connectivity index (χ0) is 28.2. The zero-order valence-electron chi connectivity index (χ0n) is 22.5. The molecule has 0 radical (unpaired) electrons. The summed E-state index contributed by atoms with van der Waals surface area (Å²) in [7, 11) is -2.27. The Balaban J connectivity index is 4.25. The minimum absolute atomic E-state index is 0.0246. The van der Waals surface area contributed by atoms with Crippen molar-refractivity contribution in [3.63, 3.8) is 0 Å². The highest BCUT2D eigenvalue weighted by Crippen LogP contribution is 2.51. The Labute approximate surface area is 219 Å². The van der Waals surface area contributed by atoms with Crippen LogP contribution in [0.4, 0.5) is 0 Å². The summed E-state index contributed by atoms with van der Waals surface area (Å²) >= 11 is 0. The van der Waals surface area contributed by atoms with Gasteiger partial charge in [-0.2, -0.15) is 0 Å². The van der Waals surface area contributed by atoms with Crippen LogP contribution in [-0.2, 0) is 41.6 Å². The summed E-state index contributed by atoms with van der Waals surface area (Å²) in [4.78, 5) is 37.2. The monoisotopic (exact) mass is 574 g/mol. The first-order chi connectivity index (χ1) is 17.6. The van der Waals surface area contributed by atoms with Gasteiger partial charge in [0.15, 0.2) is 0 Å². The number of carbonyl (C=O) groups is 3. The van der Waals surface area contributed by atoms with E-state index in [-0.39, 0.29) is 50.4 Å². The Hall–Kier alpha value is -1.41. The topological polar surface area (TPSA) is 186 Å². The van der Waals surface area contributed by atoms with Crippen LogP contribution in [0.15, 0.2) is 0 Å². The van der Waals surface area contributed by atoms with E-state index in [4.69, 9.17) is 18.1 Å². The second-order valence-electron chi connectivity index (χ2n) is 7.72. The molecule has 0 spiro atoms. The van der Waals surface area contributed by atoms with Gasteiger partial charge in [-0.15, -0.1) is 0 Å². The predicted octanol–water partition coefficient (Wildman–Crippen LogP) is -0.497. The van der Waals surface area contributed by atoms with Gasteiger partial charge in [-0.25, -0.2) is 0 Å². The molecule has 5 N–H and O–H groups in total. The molecule has 0 heterocycles. The van der Waals surface area contributed by atoms with E-state index in [2.05, 4.69) is 26.6 Å². The van der Waals surface area contributed by atoms with Crippen LogP contribution in [0.3, 0.4) is 0 Å². The second kappa shape index (κ2) is 20.5. The lowest BCUT2D eigenvalue weighted by atomic mass is 10.3. The average Bonchev–Trinajstić information content (AvgIpc) is 2.88. The first-order valence-corrected chi connectivity index (χ1v) is 15.4. The van der Waals surface area contributed by atoms with Crippen molar-refractivity contribution in [2.45, 2.75) is 19.8 Å². The van der Waals surface area contributed by atoms with Gasteiger partial charge >= 0.3 is 15.2 Å². The number of carbonyl (C=O) groups excluding carboxylic acids is 3. The van der Waals surface area contributed by atoms with Crippen LogP contribution in [0.5, 0.6) is 0 Å². The van der Waals surface area contributed by atoms with Crippen LogP contribution >= 0.6 is 15.2 Å². The molecule has 0 unspecified atom stereocenters. The van der Waals surface area contributed by atoms with Crippen LogP contribution in [0.25, 0.3) is 0 Å². The van der Waals surface area contributed by atoms with Gasteiger partial charge in [-0.05, 0) is 6.54 Å². The summed E-state index contributed by atoms with van der Waals surface area (Å²) in [5.74, 6) is -0.676. The number of nitrogens with zero attached hydrogens (tertiary/aromatic N) is 1. The van der Waals surface area contributed by atoms with Gasteiger partial charge in [-0.3, -0.25) is 28.4 Å². The lowest BCUT2D eigenvalue weighted by Gasteiger charge is -2.27. The van der Waals surface area contributed by atoms with Gasteiger partial charge in [0, 0.05) is 80.5 Å². The molecule has 15 nitrogen and oxygen atoms in total. The van der Waals surface area contributed by atoms with Crippen molar-refractivity contribution in [2.75, 3.05) is 93.4 Å². The van der Waals surface area contributed by atoms with Crippen molar-refractivity contribution in [2.24, 2.45) is 0 Å². The molecule has 0 rings (SSSR count). The summed E-state index contributed by atoms with van der Waals surface area (Å²) in [5.41, 5.74) is 0. The van der Waals surface area contributed by atoms with E-state index in [9.17, 15) is 23.5 Å². The SMILES string of the molecule is CCNCCC(=O)NCCNCCC(=O)NCCNC(=O)CN(CP(=O)(OC)OC)CP(=O)(OC)OC. The van der Waals surface area contributed by atoms with E-state index in [1.807, 2.05) is 6.92 Å². The van der Waals surface area contributed by atoms with Gasteiger partial charge < -0.3 is 44.7 Å². The summed E-state index contributed by atoms with van der Waals surface area (Å²) in [6.07, 6.45) is 0.0387. The van der Waals surface area contributed by atoms with E-state index in [1.165, 1.54) is 33.3 Å². The fourth-order valence-electron chi connectivity index (χ4n) is 2.85. The van der Waals surface area contributed by atoms with Gasteiger partial charge in [0.2, 0.25) is 17.7 Å². The fourth-order valence-corrected chi connectivity index (χ4v) is 5.15. The lowest BCUT2D eigenvalue weighted by Crippen LogP contribution is -2.41. The second-order valence-corrected chi connectivity index (χ2v) is 12.2. The van der Waals surface area contributed by atoms with Crippen LogP contribution in [0, 0.1) is 0 Å². The molecule has 0 fully saturated rings. The molecular formula is C20H44N6O9P2. The highest BCUT2D eigenvalue weighted by Gasteiger charge is 2.32.